The fourth-order valence-corrected chi connectivity index (χ4v) is 7.38. The summed E-state index contributed by atoms with van der Waals surface area (Å²) in [5.41, 5.74) is 3.93. The molecule has 1 saturated heterocycles. The molecule has 12 heteroatoms. The van der Waals surface area contributed by atoms with Crippen LogP contribution in [-0.4, -0.2) is 106 Å². The number of hydrogen-bond donors (Lipinski definition) is 6. The fourth-order valence-electron chi connectivity index (χ4n) is 7.38. The number of aliphatic hydroxyl groups is 3. The molecule has 0 bridgehead atoms. The van der Waals surface area contributed by atoms with Crippen molar-refractivity contribution in [2.24, 2.45) is 17.6 Å². The van der Waals surface area contributed by atoms with Crippen LogP contribution in [0.4, 0.5) is 0 Å². The standard InChI is InChI=1S/C32H34N4O8/c1-35(2)25-20-14-17-13-19-18(15-4-3-5-16(12-15)31(43)36-10-8-34-9-11-36)6-7-21(37)23(19)26(38)22(17)28(40)32(20,44)29(41)24(27(25)39)30(33)42/h3-7,12,17,20,25,34,37-38,41,44H,8-11,13-14H2,1-2H3,(H2,33,42)/t17-,20-,25-,32-/m0/s1. The first kappa shape index (κ1) is 29.5. The van der Waals surface area contributed by atoms with Crippen molar-refractivity contribution in [1.82, 2.24) is 15.1 Å². The number of primary amides is 1. The molecule has 1 saturated carbocycles. The predicted molar refractivity (Wildman–Crippen MR) is 158 cm³/mol. The molecule has 0 unspecified atom stereocenters. The van der Waals surface area contributed by atoms with Crippen LogP contribution in [0.25, 0.3) is 16.9 Å². The molecule has 2 fully saturated rings. The maximum Gasteiger partial charge on any atom is 0.255 e. The van der Waals surface area contributed by atoms with Crippen molar-refractivity contribution >= 4 is 29.1 Å². The number of ketones is 2. The van der Waals surface area contributed by atoms with Crippen molar-refractivity contribution in [3.63, 3.8) is 0 Å². The van der Waals surface area contributed by atoms with Gasteiger partial charge in [-0.2, -0.15) is 0 Å². The molecule has 2 aromatic rings. The van der Waals surface area contributed by atoms with Crippen molar-refractivity contribution in [2.75, 3.05) is 40.3 Å². The Bertz CT molecular complexity index is 1690. The number of rotatable bonds is 4. The molecule has 1 aliphatic heterocycles. The smallest absolute Gasteiger partial charge is 0.255 e. The van der Waals surface area contributed by atoms with Gasteiger partial charge in [-0.1, -0.05) is 18.2 Å². The molecule has 6 rings (SSSR count). The van der Waals surface area contributed by atoms with E-state index in [0.29, 0.717) is 48.4 Å². The highest BCUT2D eigenvalue weighted by molar-refractivity contribution is 6.24. The lowest BCUT2D eigenvalue weighted by atomic mass is 9.57. The van der Waals surface area contributed by atoms with Crippen LogP contribution in [0.1, 0.15) is 27.9 Å². The minimum Gasteiger partial charge on any atom is -0.508 e. The van der Waals surface area contributed by atoms with E-state index in [4.69, 9.17) is 5.73 Å². The number of likely N-dealkylation sites (N-methyl/N-ethyl adjacent to an activating group) is 1. The number of aliphatic hydroxyl groups excluding tert-OH is 2. The van der Waals surface area contributed by atoms with Gasteiger partial charge in [0.1, 0.15) is 22.8 Å². The zero-order valence-electron chi connectivity index (χ0n) is 24.3. The number of Topliss-reactive ketones (excluding diaryl/α,β-unsaturated/α-hetero) is 2. The van der Waals surface area contributed by atoms with E-state index in [-0.39, 0.29) is 35.6 Å². The lowest BCUT2D eigenvalue weighted by molar-refractivity contribution is -0.153. The number of nitrogens with zero attached hydrogens (tertiary/aromatic N) is 2. The number of phenols is 1. The molecule has 3 aliphatic carbocycles. The van der Waals surface area contributed by atoms with Gasteiger partial charge in [0.25, 0.3) is 11.8 Å². The number of phenolic OH excluding ortho intramolecular Hbond substituents is 1. The molecule has 7 N–H and O–H groups in total. The Balaban J connectivity index is 1.47. The molecule has 44 heavy (non-hydrogen) atoms. The summed E-state index contributed by atoms with van der Waals surface area (Å²) in [6, 6.07) is 8.97. The maximum atomic E-state index is 14.1. The predicted octanol–water partition coefficient (Wildman–Crippen LogP) is 0.676. The van der Waals surface area contributed by atoms with E-state index < -0.39 is 58.0 Å². The number of nitrogens with two attached hydrogens (primary N) is 1. The molecule has 0 aromatic heterocycles. The Morgan fingerprint density at radius 2 is 1.77 bits per heavy atom. The van der Waals surface area contributed by atoms with Gasteiger partial charge in [-0.25, -0.2) is 0 Å². The monoisotopic (exact) mass is 602 g/mol. The number of hydrogen-bond acceptors (Lipinski definition) is 10. The molecule has 12 nitrogen and oxygen atoms in total. The highest BCUT2D eigenvalue weighted by Gasteiger charge is 2.64. The molecule has 4 aliphatic rings. The van der Waals surface area contributed by atoms with E-state index in [0.717, 1.165) is 0 Å². The number of carbonyl (C=O) groups excluding carboxylic acids is 4. The zero-order valence-corrected chi connectivity index (χ0v) is 24.3. The largest absolute Gasteiger partial charge is 0.508 e. The summed E-state index contributed by atoms with van der Waals surface area (Å²) < 4.78 is 0. The molecule has 230 valence electrons. The van der Waals surface area contributed by atoms with Crippen molar-refractivity contribution in [3.05, 3.63) is 70.0 Å². The average molecular weight is 603 g/mol. The lowest BCUT2D eigenvalue weighted by Crippen LogP contribution is -2.65. The van der Waals surface area contributed by atoms with Gasteiger partial charge in [0.15, 0.2) is 11.4 Å². The average Bonchev–Trinajstić information content (AvgIpc) is 2.99. The fraction of sp³-hybridized carbons (Fsp3) is 0.375. The molecular formula is C32H34N4O8. The van der Waals surface area contributed by atoms with Crippen molar-refractivity contribution in [1.29, 1.82) is 0 Å². The number of carbonyl (C=O) groups is 4. The quantitative estimate of drug-likeness (QED) is 0.271. The van der Waals surface area contributed by atoms with E-state index in [1.54, 1.807) is 43.3 Å². The van der Waals surface area contributed by atoms with Gasteiger partial charge in [0.2, 0.25) is 5.78 Å². The van der Waals surface area contributed by atoms with E-state index in [1.165, 1.54) is 11.0 Å². The van der Waals surface area contributed by atoms with Gasteiger partial charge in [-0.15, -0.1) is 0 Å². The van der Waals surface area contributed by atoms with Crippen LogP contribution >= 0.6 is 0 Å². The normalized spacial score (nSPS) is 26.8. The molecule has 4 atom stereocenters. The first-order valence-corrected chi connectivity index (χ1v) is 14.5. The summed E-state index contributed by atoms with van der Waals surface area (Å²) in [4.78, 5) is 56.0. The summed E-state index contributed by atoms with van der Waals surface area (Å²) in [5.74, 6) is -7.12. The van der Waals surface area contributed by atoms with Gasteiger partial charge in [0, 0.05) is 43.2 Å². The van der Waals surface area contributed by atoms with Gasteiger partial charge in [-0.3, -0.25) is 24.1 Å². The number of benzene rings is 2. The highest BCUT2D eigenvalue weighted by Crippen LogP contribution is 2.53. The third-order valence-electron chi connectivity index (χ3n) is 9.43. The highest BCUT2D eigenvalue weighted by atomic mass is 16.3. The van der Waals surface area contributed by atoms with Crippen LogP contribution in [0.2, 0.25) is 0 Å². The summed E-state index contributed by atoms with van der Waals surface area (Å²) in [6.07, 6.45) is 0.136. The minimum atomic E-state index is -2.70. The van der Waals surface area contributed by atoms with E-state index >= 15 is 0 Å². The maximum absolute atomic E-state index is 14.1. The van der Waals surface area contributed by atoms with Crippen LogP contribution in [-0.2, 0) is 20.8 Å². The van der Waals surface area contributed by atoms with Crippen LogP contribution in [0.3, 0.4) is 0 Å². The van der Waals surface area contributed by atoms with Crippen LogP contribution in [0.5, 0.6) is 5.75 Å². The second-order valence-corrected chi connectivity index (χ2v) is 12.1. The third kappa shape index (κ3) is 4.24. The number of piperazine rings is 1. The molecule has 2 amide bonds. The summed E-state index contributed by atoms with van der Waals surface area (Å²) >= 11 is 0. The Morgan fingerprint density at radius 3 is 2.43 bits per heavy atom. The van der Waals surface area contributed by atoms with Gasteiger partial charge < -0.3 is 36.4 Å². The molecule has 0 radical (unpaired) electrons. The molecule has 2 aromatic carbocycles. The number of fused-ring (bicyclic) bond motifs is 3. The van der Waals surface area contributed by atoms with Crippen molar-refractivity contribution in [3.8, 4) is 16.9 Å². The summed E-state index contributed by atoms with van der Waals surface area (Å²) in [5, 5.41) is 48.4. The lowest BCUT2D eigenvalue weighted by Gasteiger charge is -2.50. The second kappa shape index (κ2) is 10.6. The van der Waals surface area contributed by atoms with E-state index in [1.807, 2.05) is 6.07 Å². The first-order valence-electron chi connectivity index (χ1n) is 14.5. The first-order chi connectivity index (χ1) is 20.9. The van der Waals surface area contributed by atoms with Gasteiger partial charge in [0.05, 0.1) is 11.6 Å². The van der Waals surface area contributed by atoms with Crippen LogP contribution in [0.15, 0.2) is 53.3 Å². The number of nitrogens with one attached hydrogen (secondary N) is 1. The van der Waals surface area contributed by atoms with Gasteiger partial charge >= 0.3 is 0 Å². The SMILES string of the molecule is CN(C)[C@@H]1C(=O)C(C(N)=O)=C(O)[C@@]2(O)C(=O)C3=C(O)c4c(O)ccc(-c5cccc(C(=O)N6CCNCC6)c5)c4C[C@H]3C[C@@H]12. The molecule has 1 heterocycles. The Kier molecular flexibility index (Phi) is 7.10. The van der Waals surface area contributed by atoms with Gasteiger partial charge in [-0.05, 0) is 67.7 Å². The Labute approximate surface area is 253 Å². The van der Waals surface area contributed by atoms with Crippen LogP contribution in [0, 0.1) is 11.8 Å². The second-order valence-electron chi connectivity index (χ2n) is 12.1. The zero-order chi connectivity index (χ0) is 31.7. The summed E-state index contributed by atoms with van der Waals surface area (Å²) in [6.45, 7) is 2.59. The topological polar surface area (TPSA) is 194 Å². The third-order valence-corrected chi connectivity index (χ3v) is 9.43. The number of aromatic hydroxyl groups is 1. The number of amides is 2. The summed E-state index contributed by atoms with van der Waals surface area (Å²) in [7, 11) is 3.11. The van der Waals surface area contributed by atoms with E-state index in [9.17, 15) is 39.6 Å². The molecular weight excluding hydrogens is 568 g/mol. The van der Waals surface area contributed by atoms with Crippen molar-refractivity contribution < 1.29 is 39.6 Å². The van der Waals surface area contributed by atoms with Crippen molar-refractivity contribution in [2.45, 2.75) is 24.5 Å². The minimum absolute atomic E-state index is 0.00220. The Morgan fingerprint density at radius 1 is 1.07 bits per heavy atom. The Hall–Kier alpha value is -4.52. The molecule has 0 spiro atoms. The van der Waals surface area contributed by atoms with E-state index in [2.05, 4.69) is 5.32 Å². The van der Waals surface area contributed by atoms with Crippen LogP contribution < -0.4 is 11.1 Å².